The van der Waals surface area contributed by atoms with Crippen LogP contribution in [-0.2, 0) is 0 Å². The minimum atomic E-state index is -0.127. The summed E-state index contributed by atoms with van der Waals surface area (Å²) in [7, 11) is 0. The average Bonchev–Trinajstić information content (AvgIpc) is 3.06. The number of amides is 1. The smallest absolute Gasteiger partial charge is 0.255 e. The fraction of sp³-hybridized carbons (Fsp3) is 0.0476. The van der Waals surface area contributed by atoms with E-state index in [0.29, 0.717) is 5.56 Å². The van der Waals surface area contributed by atoms with Crippen LogP contribution in [0.3, 0.4) is 0 Å². The number of aromatic nitrogens is 2. The lowest BCUT2D eigenvalue weighted by Gasteiger charge is -2.06. The zero-order valence-corrected chi connectivity index (χ0v) is 13.8. The average molecular weight is 327 g/mol. The van der Waals surface area contributed by atoms with Crippen molar-refractivity contribution in [1.29, 1.82) is 0 Å². The zero-order valence-electron chi connectivity index (χ0n) is 13.8. The van der Waals surface area contributed by atoms with Gasteiger partial charge in [-0.3, -0.25) is 4.79 Å². The van der Waals surface area contributed by atoms with Crippen LogP contribution in [-0.4, -0.2) is 15.9 Å². The standard InChI is InChI=1S/C21H17N3O/c1-14-10-11-18-19(12-14)24-20(23-18)16-8-5-9-17(13-16)22-21(25)15-6-3-2-4-7-15/h2-13H,1H3,(H,22,25)(H,23,24). The van der Waals surface area contributed by atoms with E-state index in [1.165, 1.54) is 5.56 Å². The number of hydrogen-bond donors (Lipinski definition) is 2. The molecule has 1 aromatic heterocycles. The molecule has 3 aromatic carbocycles. The van der Waals surface area contributed by atoms with Crippen molar-refractivity contribution in [2.75, 3.05) is 5.32 Å². The number of aromatic amines is 1. The van der Waals surface area contributed by atoms with E-state index in [1.807, 2.05) is 54.6 Å². The van der Waals surface area contributed by atoms with Crippen molar-refractivity contribution in [3.8, 4) is 11.4 Å². The molecule has 4 heteroatoms. The Kier molecular flexibility index (Phi) is 3.78. The third-order valence-electron chi connectivity index (χ3n) is 4.07. The molecule has 0 spiro atoms. The van der Waals surface area contributed by atoms with E-state index in [-0.39, 0.29) is 5.91 Å². The third-order valence-corrected chi connectivity index (χ3v) is 4.07. The fourth-order valence-corrected chi connectivity index (χ4v) is 2.80. The lowest BCUT2D eigenvalue weighted by Crippen LogP contribution is -2.11. The molecule has 0 saturated carbocycles. The molecule has 0 aliphatic carbocycles. The number of nitrogens with one attached hydrogen (secondary N) is 2. The number of carbonyl (C=O) groups is 1. The van der Waals surface area contributed by atoms with Crippen LogP contribution < -0.4 is 5.32 Å². The largest absolute Gasteiger partial charge is 0.338 e. The summed E-state index contributed by atoms with van der Waals surface area (Å²) in [5.74, 6) is 0.661. The first-order valence-corrected chi connectivity index (χ1v) is 8.12. The van der Waals surface area contributed by atoms with Gasteiger partial charge in [0.05, 0.1) is 11.0 Å². The Morgan fingerprint density at radius 3 is 2.64 bits per heavy atom. The highest BCUT2D eigenvalue weighted by Crippen LogP contribution is 2.24. The van der Waals surface area contributed by atoms with Crippen molar-refractivity contribution in [3.05, 3.63) is 83.9 Å². The van der Waals surface area contributed by atoms with Crippen LogP contribution in [0.2, 0.25) is 0 Å². The maximum Gasteiger partial charge on any atom is 0.255 e. The Morgan fingerprint density at radius 2 is 1.80 bits per heavy atom. The molecule has 4 aromatic rings. The SMILES string of the molecule is Cc1ccc2nc(-c3cccc(NC(=O)c4ccccc4)c3)[nH]c2c1. The van der Waals surface area contributed by atoms with Gasteiger partial charge in [0.25, 0.3) is 5.91 Å². The summed E-state index contributed by atoms with van der Waals surface area (Å²) in [5.41, 5.74) is 5.43. The second-order valence-corrected chi connectivity index (χ2v) is 6.01. The minimum Gasteiger partial charge on any atom is -0.338 e. The summed E-state index contributed by atoms with van der Waals surface area (Å²) < 4.78 is 0. The van der Waals surface area contributed by atoms with Crippen LogP contribution in [0.4, 0.5) is 5.69 Å². The van der Waals surface area contributed by atoms with E-state index >= 15 is 0 Å². The molecule has 0 saturated heterocycles. The molecule has 1 amide bonds. The van der Waals surface area contributed by atoms with Gasteiger partial charge in [-0.1, -0.05) is 36.4 Å². The summed E-state index contributed by atoms with van der Waals surface area (Å²) in [6, 6.07) is 23.0. The molecule has 0 unspecified atom stereocenters. The van der Waals surface area contributed by atoms with Crippen molar-refractivity contribution in [2.24, 2.45) is 0 Å². The summed E-state index contributed by atoms with van der Waals surface area (Å²) in [4.78, 5) is 20.3. The first kappa shape index (κ1) is 15.1. The molecule has 0 atom stereocenters. The van der Waals surface area contributed by atoms with Crippen molar-refractivity contribution in [2.45, 2.75) is 6.92 Å². The molecule has 0 bridgehead atoms. The predicted octanol–water partition coefficient (Wildman–Crippen LogP) is 4.79. The monoisotopic (exact) mass is 327 g/mol. The zero-order chi connectivity index (χ0) is 17.2. The quantitative estimate of drug-likeness (QED) is 0.568. The Bertz CT molecular complexity index is 1050. The van der Waals surface area contributed by atoms with Gasteiger partial charge in [0, 0.05) is 16.8 Å². The third kappa shape index (κ3) is 3.15. The second-order valence-electron chi connectivity index (χ2n) is 6.01. The summed E-state index contributed by atoms with van der Waals surface area (Å²) in [5, 5.41) is 2.93. The van der Waals surface area contributed by atoms with Gasteiger partial charge in [0.2, 0.25) is 0 Å². The van der Waals surface area contributed by atoms with Crippen LogP contribution in [0.25, 0.3) is 22.4 Å². The van der Waals surface area contributed by atoms with Crippen molar-refractivity contribution >= 4 is 22.6 Å². The van der Waals surface area contributed by atoms with Gasteiger partial charge in [-0.2, -0.15) is 0 Å². The molecule has 0 aliphatic rings. The van der Waals surface area contributed by atoms with Crippen LogP contribution in [0.5, 0.6) is 0 Å². The highest BCUT2D eigenvalue weighted by Gasteiger charge is 2.08. The lowest BCUT2D eigenvalue weighted by atomic mass is 10.1. The number of H-pyrrole nitrogens is 1. The molecule has 122 valence electrons. The van der Waals surface area contributed by atoms with Gasteiger partial charge in [-0.15, -0.1) is 0 Å². The van der Waals surface area contributed by atoms with Gasteiger partial charge < -0.3 is 10.3 Å². The normalized spacial score (nSPS) is 10.8. The predicted molar refractivity (Wildman–Crippen MR) is 101 cm³/mol. The van der Waals surface area contributed by atoms with Crippen LogP contribution in [0.1, 0.15) is 15.9 Å². The number of rotatable bonds is 3. The molecule has 4 rings (SSSR count). The summed E-state index contributed by atoms with van der Waals surface area (Å²) in [6.45, 7) is 2.06. The molecule has 4 nitrogen and oxygen atoms in total. The van der Waals surface area contributed by atoms with Gasteiger partial charge in [-0.05, 0) is 48.9 Å². The number of aryl methyl sites for hydroxylation is 1. The number of fused-ring (bicyclic) bond motifs is 1. The summed E-state index contributed by atoms with van der Waals surface area (Å²) in [6.07, 6.45) is 0. The van der Waals surface area contributed by atoms with Crippen LogP contribution >= 0.6 is 0 Å². The van der Waals surface area contributed by atoms with E-state index in [9.17, 15) is 4.79 Å². The van der Waals surface area contributed by atoms with Gasteiger partial charge in [0.15, 0.2) is 0 Å². The van der Waals surface area contributed by atoms with Crippen LogP contribution in [0.15, 0.2) is 72.8 Å². The second kappa shape index (κ2) is 6.24. The van der Waals surface area contributed by atoms with Crippen molar-refractivity contribution in [3.63, 3.8) is 0 Å². The van der Waals surface area contributed by atoms with E-state index in [4.69, 9.17) is 0 Å². The molecule has 0 fully saturated rings. The molecule has 2 N–H and O–H groups in total. The number of benzene rings is 3. The van der Waals surface area contributed by atoms with Crippen LogP contribution in [0, 0.1) is 6.92 Å². The lowest BCUT2D eigenvalue weighted by molar-refractivity contribution is 0.102. The first-order chi connectivity index (χ1) is 12.2. The van der Waals surface area contributed by atoms with E-state index in [1.54, 1.807) is 12.1 Å². The number of imidazole rings is 1. The molecule has 25 heavy (non-hydrogen) atoms. The van der Waals surface area contributed by atoms with Gasteiger partial charge in [0.1, 0.15) is 5.82 Å². The minimum absolute atomic E-state index is 0.127. The molecular weight excluding hydrogens is 310 g/mol. The maximum absolute atomic E-state index is 12.3. The Balaban J connectivity index is 1.63. The van der Waals surface area contributed by atoms with E-state index < -0.39 is 0 Å². The molecule has 0 radical (unpaired) electrons. The maximum atomic E-state index is 12.3. The highest BCUT2D eigenvalue weighted by atomic mass is 16.1. The van der Waals surface area contributed by atoms with Gasteiger partial charge >= 0.3 is 0 Å². The Labute approximate surface area is 145 Å². The molecule has 1 heterocycles. The van der Waals surface area contributed by atoms with E-state index in [2.05, 4.69) is 28.3 Å². The number of nitrogens with zero attached hydrogens (tertiary/aromatic N) is 1. The highest BCUT2D eigenvalue weighted by molar-refractivity contribution is 6.04. The topological polar surface area (TPSA) is 57.8 Å². The number of anilines is 1. The van der Waals surface area contributed by atoms with Gasteiger partial charge in [-0.25, -0.2) is 4.98 Å². The number of hydrogen-bond acceptors (Lipinski definition) is 2. The number of carbonyl (C=O) groups excluding carboxylic acids is 1. The molecule has 0 aliphatic heterocycles. The van der Waals surface area contributed by atoms with E-state index in [0.717, 1.165) is 28.1 Å². The first-order valence-electron chi connectivity index (χ1n) is 8.12. The Hall–Kier alpha value is -3.40. The fourth-order valence-electron chi connectivity index (χ4n) is 2.80. The Morgan fingerprint density at radius 1 is 0.960 bits per heavy atom. The molecular formula is C21H17N3O. The van der Waals surface area contributed by atoms with Crippen molar-refractivity contribution in [1.82, 2.24) is 9.97 Å². The van der Waals surface area contributed by atoms with Crippen molar-refractivity contribution < 1.29 is 4.79 Å². The summed E-state index contributed by atoms with van der Waals surface area (Å²) >= 11 is 0.